The van der Waals surface area contributed by atoms with E-state index in [4.69, 9.17) is 5.11 Å². The van der Waals surface area contributed by atoms with Crippen LogP contribution in [0.15, 0.2) is 37.5 Å². The number of aliphatic hydroxyl groups is 1. The van der Waals surface area contributed by atoms with E-state index in [1.54, 1.807) is 13.0 Å². The molecule has 0 aliphatic carbocycles. The highest BCUT2D eigenvalue weighted by atomic mass is 16.3. The molecule has 1 unspecified atom stereocenters. The zero-order valence-electron chi connectivity index (χ0n) is 8.80. The molecule has 0 aromatic carbocycles. The van der Waals surface area contributed by atoms with E-state index in [0.29, 0.717) is 0 Å². The van der Waals surface area contributed by atoms with Gasteiger partial charge in [-0.2, -0.15) is 0 Å². The average molecular weight is 170 g/mol. The Kier molecular flexibility index (Phi) is 24.0. The van der Waals surface area contributed by atoms with Crippen LogP contribution in [0.3, 0.4) is 0 Å². The van der Waals surface area contributed by atoms with Gasteiger partial charge in [0.2, 0.25) is 0 Å². The average Bonchev–Trinajstić information content (AvgIpc) is 2.12. The van der Waals surface area contributed by atoms with Gasteiger partial charge in [-0.3, -0.25) is 0 Å². The van der Waals surface area contributed by atoms with Crippen molar-refractivity contribution in [3.8, 4) is 0 Å². The summed E-state index contributed by atoms with van der Waals surface area (Å²) in [5.41, 5.74) is 0.757. The topological polar surface area (TPSA) is 20.2 Å². The normalized spacial score (nSPS) is 10.4. The molecule has 0 bridgehead atoms. The molecule has 1 heteroatoms. The summed E-state index contributed by atoms with van der Waals surface area (Å²) in [5.74, 6) is 0. The van der Waals surface area contributed by atoms with Crippen molar-refractivity contribution in [2.24, 2.45) is 0 Å². The van der Waals surface area contributed by atoms with Crippen molar-refractivity contribution in [1.29, 1.82) is 0 Å². The molecule has 0 rings (SSSR count). The molecule has 1 atom stereocenters. The standard InChI is InChI=1S/C7H12O.C2H6.C2H4/c1-4-5-6(2)7(3)8;2*1-2/h4-5,7-8H,2H2,1,3H3;1-2H3;1-2H2/b5-4-;;. The molecule has 0 heterocycles. The number of aliphatic hydroxyl groups excluding tert-OH is 1. The van der Waals surface area contributed by atoms with Crippen molar-refractivity contribution in [3.63, 3.8) is 0 Å². The van der Waals surface area contributed by atoms with Crippen LogP contribution in [-0.4, -0.2) is 11.2 Å². The monoisotopic (exact) mass is 170 g/mol. The summed E-state index contributed by atoms with van der Waals surface area (Å²) in [6.07, 6.45) is 3.24. The predicted molar refractivity (Wildman–Crippen MR) is 58.2 cm³/mol. The lowest BCUT2D eigenvalue weighted by molar-refractivity contribution is 0.236. The lowest BCUT2D eigenvalue weighted by Gasteiger charge is -1.99. The number of hydrogen-bond donors (Lipinski definition) is 1. The number of hydrogen-bond acceptors (Lipinski definition) is 1. The van der Waals surface area contributed by atoms with Crippen molar-refractivity contribution < 1.29 is 5.11 Å². The van der Waals surface area contributed by atoms with Gasteiger partial charge in [0.1, 0.15) is 0 Å². The van der Waals surface area contributed by atoms with E-state index in [2.05, 4.69) is 19.7 Å². The molecule has 12 heavy (non-hydrogen) atoms. The van der Waals surface area contributed by atoms with E-state index in [1.807, 2.05) is 26.8 Å². The highest BCUT2D eigenvalue weighted by Gasteiger charge is 1.93. The molecule has 0 amide bonds. The molecule has 0 radical (unpaired) electrons. The minimum absolute atomic E-state index is 0.411. The first kappa shape index (κ1) is 17.3. The van der Waals surface area contributed by atoms with Crippen molar-refractivity contribution >= 4 is 0 Å². The van der Waals surface area contributed by atoms with Crippen LogP contribution in [0.2, 0.25) is 0 Å². The Morgan fingerprint density at radius 1 is 1.33 bits per heavy atom. The van der Waals surface area contributed by atoms with Gasteiger partial charge in [-0.05, 0) is 19.4 Å². The van der Waals surface area contributed by atoms with Crippen LogP contribution < -0.4 is 0 Å². The Morgan fingerprint density at radius 3 is 1.75 bits per heavy atom. The van der Waals surface area contributed by atoms with E-state index >= 15 is 0 Å². The first-order valence-electron chi connectivity index (χ1n) is 4.18. The van der Waals surface area contributed by atoms with Crippen LogP contribution in [0.5, 0.6) is 0 Å². The van der Waals surface area contributed by atoms with Gasteiger partial charge in [-0.15, -0.1) is 13.2 Å². The third-order valence-electron chi connectivity index (χ3n) is 0.917. The van der Waals surface area contributed by atoms with Gasteiger partial charge in [0.15, 0.2) is 0 Å². The number of rotatable bonds is 2. The maximum atomic E-state index is 8.80. The summed E-state index contributed by atoms with van der Waals surface area (Å²) < 4.78 is 0. The van der Waals surface area contributed by atoms with Crippen LogP contribution in [0, 0.1) is 0 Å². The fraction of sp³-hybridized carbons (Fsp3) is 0.455. The molecule has 1 N–H and O–H groups in total. The van der Waals surface area contributed by atoms with Crippen LogP contribution in [0.25, 0.3) is 0 Å². The SMILES string of the molecule is C=C.C=C(/C=C\C)C(C)O.CC. The molecule has 0 aliphatic rings. The molecular formula is C11H22O. The Bertz CT molecular complexity index is 112. The molecule has 0 aromatic rings. The van der Waals surface area contributed by atoms with Crippen molar-refractivity contribution in [3.05, 3.63) is 37.5 Å². The van der Waals surface area contributed by atoms with Gasteiger partial charge in [-0.25, -0.2) is 0 Å². The molecule has 0 fully saturated rings. The third-order valence-corrected chi connectivity index (χ3v) is 0.917. The highest BCUT2D eigenvalue weighted by molar-refractivity contribution is 5.16. The minimum Gasteiger partial charge on any atom is -0.389 e. The van der Waals surface area contributed by atoms with E-state index in [-0.39, 0.29) is 0 Å². The van der Waals surface area contributed by atoms with Crippen LogP contribution in [0.1, 0.15) is 27.7 Å². The van der Waals surface area contributed by atoms with Gasteiger partial charge in [0, 0.05) is 0 Å². The van der Waals surface area contributed by atoms with E-state index < -0.39 is 6.10 Å². The zero-order valence-corrected chi connectivity index (χ0v) is 8.80. The highest BCUT2D eigenvalue weighted by Crippen LogP contribution is 1.98. The molecule has 0 aliphatic heterocycles. The maximum Gasteiger partial charge on any atom is 0.0756 e. The van der Waals surface area contributed by atoms with E-state index in [1.165, 1.54) is 0 Å². The van der Waals surface area contributed by atoms with Crippen LogP contribution in [0.4, 0.5) is 0 Å². The molecule has 0 saturated heterocycles. The second-order valence-corrected chi connectivity index (χ2v) is 1.75. The Hall–Kier alpha value is -0.820. The summed E-state index contributed by atoms with van der Waals surface area (Å²) in [5, 5.41) is 8.80. The lowest BCUT2D eigenvalue weighted by atomic mass is 10.2. The van der Waals surface area contributed by atoms with Gasteiger partial charge in [0.05, 0.1) is 6.10 Å². The van der Waals surface area contributed by atoms with Gasteiger partial charge < -0.3 is 5.11 Å². The fourth-order valence-corrected chi connectivity index (χ4v) is 0.353. The molecule has 1 nitrogen and oxygen atoms in total. The smallest absolute Gasteiger partial charge is 0.0756 e. The molecule has 0 aromatic heterocycles. The minimum atomic E-state index is -0.411. The largest absolute Gasteiger partial charge is 0.389 e. The van der Waals surface area contributed by atoms with Crippen LogP contribution in [-0.2, 0) is 0 Å². The number of allylic oxidation sites excluding steroid dienone is 1. The Labute approximate surface area is 77.1 Å². The van der Waals surface area contributed by atoms with E-state index in [9.17, 15) is 0 Å². The molecule has 0 saturated carbocycles. The van der Waals surface area contributed by atoms with Crippen LogP contribution >= 0.6 is 0 Å². The second-order valence-electron chi connectivity index (χ2n) is 1.75. The third kappa shape index (κ3) is 16.1. The van der Waals surface area contributed by atoms with Gasteiger partial charge >= 0.3 is 0 Å². The summed E-state index contributed by atoms with van der Waals surface area (Å²) in [6, 6.07) is 0. The van der Waals surface area contributed by atoms with Gasteiger partial charge in [0.25, 0.3) is 0 Å². The Balaban J connectivity index is -0.000000175. The lowest BCUT2D eigenvalue weighted by Crippen LogP contribution is -1.99. The quantitative estimate of drug-likeness (QED) is 0.498. The summed E-state index contributed by atoms with van der Waals surface area (Å²) in [7, 11) is 0. The summed E-state index contributed by atoms with van der Waals surface area (Å²) in [6.45, 7) is 17.2. The summed E-state index contributed by atoms with van der Waals surface area (Å²) in [4.78, 5) is 0. The second kappa shape index (κ2) is 16.6. The molecule has 72 valence electrons. The predicted octanol–water partition coefficient (Wildman–Crippen LogP) is 3.33. The summed E-state index contributed by atoms with van der Waals surface area (Å²) >= 11 is 0. The van der Waals surface area contributed by atoms with Gasteiger partial charge in [-0.1, -0.05) is 32.6 Å². The van der Waals surface area contributed by atoms with Crippen molar-refractivity contribution in [2.45, 2.75) is 33.8 Å². The molecular weight excluding hydrogens is 148 g/mol. The fourth-order valence-electron chi connectivity index (χ4n) is 0.353. The first-order chi connectivity index (χ1) is 5.68. The molecule has 0 spiro atoms. The zero-order chi connectivity index (χ0) is 10.6. The Morgan fingerprint density at radius 2 is 1.67 bits per heavy atom. The first-order valence-corrected chi connectivity index (χ1v) is 4.18. The maximum absolute atomic E-state index is 8.80. The van der Waals surface area contributed by atoms with Crippen molar-refractivity contribution in [2.75, 3.05) is 0 Å². The van der Waals surface area contributed by atoms with Crippen molar-refractivity contribution in [1.82, 2.24) is 0 Å². The van der Waals surface area contributed by atoms with E-state index in [0.717, 1.165) is 5.57 Å².